The number of amides is 1. The summed E-state index contributed by atoms with van der Waals surface area (Å²) in [6.45, 7) is 7.93. The van der Waals surface area contributed by atoms with Gasteiger partial charge in [-0.2, -0.15) is 0 Å². The summed E-state index contributed by atoms with van der Waals surface area (Å²) in [5, 5.41) is 3.42. The van der Waals surface area contributed by atoms with E-state index in [1.165, 1.54) is 11.1 Å². The summed E-state index contributed by atoms with van der Waals surface area (Å²) in [5.41, 5.74) is 2.38. The number of piperazine rings is 1. The summed E-state index contributed by atoms with van der Waals surface area (Å²) in [5.74, 6) is 0.852. The molecule has 1 amide bonds. The molecule has 1 aromatic carbocycles. The molecule has 0 radical (unpaired) electrons. The molecule has 2 fully saturated rings. The topological polar surface area (TPSA) is 75.6 Å². The van der Waals surface area contributed by atoms with Crippen molar-refractivity contribution >= 4 is 12.1 Å². The number of aliphatic imine (C=N–C) groups is 1. The number of hydrogen-bond acceptors (Lipinski definition) is 5. The predicted molar refractivity (Wildman–Crippen MR) is 115 cm³/mol. The average Bonchev–Trinajstić information content (AvgIpc) is 2.80. The van der Waals surface area contributed by atoms with E-state index in [2.05, 4.69) is 39.5 Å². The van der Waals surface area contributed by atoms with Gasteiger partial charge in [-0.25, -0.2) is 4.79 Å². The van der Waals surface area contributed by atoms with Gasteiger partial charge in [-0.1, -0.05) is 24.3 Å². The largest absolute Gasteiger partial charge is 0.450 e. The minimum atomic E-state index is -0.235. The highest BCUT2D eigenvalue weighted by atomic mass is 16.6. The zero-order valence-corrected chi connectivity index (χ0v) is 18.1. The van der Waals surface area contributed by atoms with Crippen LogP contribution in [0.5, 0.6) is 0 Å². The molecule has 0 saturated carbocycles. The van der Waals surface area contributed by atoms with Gasteiger partial charge in [0.05, 0.1) is 19.3 Å². The number of guanidine groups is 1. The number of rotatable bonds is 6. The highest BCUT2D eigenvalue weighted by Gasteiger charge is 2.23. The Bertz CT molecular complexity index is 681. The van der Waals surface area contributed by atoms with Crippen LogP contribution in [0.1, 0.15) is 30.9 Å². The number of ether oxygens (including phenoxy) is 3. The fourth-order valence-corrected chi connectivity index (χ4v) is 3.64. The summed E-state index contributed by atoms with van der Waals surface area (Å²) in [7, 11) is 1.79. The molecule has 0 unspecified atom stereocenters. The van der Waals surface area contributed by atoms with Crippen molar-refractivity contribution in [3.63, 3.8) is 0 Å². The molecule has 0 atom stereocenters. The standard InChI is InChI=1S/C22H34N4O4/c1-3-29-22(27)26-12-10-25(11-13-26)21(23-2)24-16-18-4-6-19(7-5-18)17-30-20-8-14-28-15-9-20/h4-7,20H,3,8-17H2,1-2H3,(H,23,24). The third-order valence-corrected chi connectivity index (χ3v) is 5.44. The van der Waals surface area contributed by atoms with Crippen LogP contribution in [-0.2, 0) is 27.4 Å². The van der Waals surface area contributed by atoms with Crippen LogP contribution in [-0.4, -0.2) is 81.0 Å². The first-order valence-corrected chi connectivity index (χ1v) is 10.8. The molecule has 30 heavy (non-hydrogen) atoms. The summed E-state index contributed by atoms with van der Waals surface area (Å²) in [6, 6.07) is 8.50. The van der Waals surface area contributed by atoms with E-state index in [1.54, 1.807) is 11.9 Å². The molecule has 0 aliphatic carbocycles. The van der Waals surface area contributed by atoms with E-state index >= 15 is 0 Å². The Hall–Kier alpha value is -2.32. The van der Waals surface area contributed by atoms with E-state index in [-0.39, 0.29) is 6.09 Å². The van der Waals surface area contributed by atoms with E-state index in [4.69, 9.17) is 14.2 Å². The SMILES string of the molecule is CCOC(=O)N1CCN(C(=NC)NCc2ccc(COC3CCOCC3)cc2)CC1. The first-order chi connectivity index (χ1) is 14.7. The smallest absolute Gasteiger partial charge is 0.409 e. The Kier molecular flexibility index (Phi) is 8.77. The van der Waals surface area contributed by atoms with Gasteiger partial charge in [0.2, 0.25) is 0 Å². The lowest BCUT2D eigenvalue weighted by Gasteiger charge is -2.35. The van der Waals surface area contributed by atoms with Gasteiger partial charge in [0, 0.05) is 53.0 Å². The molecule has 3 rings (SSSR count). The molecule has 2 saturated heterocycles. The van der Waals surface area contributed by atoms with Crippen molar-refractivity contribution in [2.24, 2.45) is 4.99 Å². The van der Waals surface area contributed by atoms with Gasteiger partial charge in [0.15, 0.2) is 5.96 Å². The number of carbonyl (C=O) groups is 1. The maximum atomic E-state index is 11.8. The monoisotopic (exact) mass is 418 g/mol. The average molecular weight is 419 g/mol. The van der Waals surface area contributed by atoms with Crippen LogP contribution in [0.3, 0.4) is 0 Å². The molecule has 0 bridgehead atoms. The molecule has 0 spiro atoms. The van der Waals surface area contributed by atoms with Gasteiger partial charge in [0.1, 0.15) is 0 Å². The minimum Gasteiger partial charge on any atom is -0.450 e. The predicted octanol–water partition coefficient (Wildman–Crippen LogP) is 2.23. The maximum absolute atomic E-state index is 11.8. The van der Waals surface area contributed by atoms with Gasteiger partial charge >= 0.3 is 6.09 Å². The normalized spacial score (nSPS) is 18.4. The van der Waals surface area contributed by atoms with Crippen LogP contribution in [0.15, 0.2) is 29.3 Å². The fourth-order valence-electron chi connectivity index (χ4n) is 3.64. The summed E-state index contributed by atoms with van der Waals surface area (Å²) >= 11 is 0. The highest BCUT2D eigenvalue weighted by Crippen LogP contribution is 2.14. The summed E-state index contributed by atoms with van der Waals surface area (Å²) in [6.07, 6.45) is 2.04. The molecule has 0 aromatic heterocycles. The fraction of sp³-hybridized carbons (Fsp3) is 0.636. The summed E-state index contributed by atoms with van der Waals surface area (Å²) in [4.78, 5) is 20.2. The van der Waals surface area contributed by atoms with E-state index in [1.807, 2.05) is 6.92 Å². The molecule has 2 heterocycles. The molecule has 8 heteroatoms. The molecular formula is C22H34N4O4. The van der Waals surface area contributed by atoms with E-state index in [0.717, 1.165) is 45.1 Å². The second-order valence-corrected chi connectivity index (χ2v) is 7.51. The van der Waals surface area contributed by atoms with Crippen LogP contribution >= 0.6 is 0 Å². The Morgan fingerprint density at radius 1 is 1.10 bits per heavy atom. The number of nitrogens with zero attached hydrogens (tertiary/aromatic N) is 3. The zero-order valence-electron chi connectivity index (χ0n) is 18.1. The van der Waals surface area contributed by atoms with Gasteiger partial charge in [-0.05, 0) is 30.9 Å². The second kappa shape index (κ2) is 11.8. The lowest BCUT2D eigenvalue weighted by molar-refractivity contribution is -0.0390. The molecule has 2 aliphatic heterocycles. The summed E-state index contributed by atoms with van der Waals surface area (Å²) < 4.78 is 16.4. The van der Waals surface area contributed by atoms with Crippen molar-refractivity contribution in [3.05, 3.63) is 35.4 Å². The third kappa shape index (κ3) is 6.60. The van der Waals surface area contributed by atoms with Crippen molar-refractivity contribution in [1.29, 1.82) is 0 Å². The van der Waals surface area contributed by atoms with Crippen molar-refractivity contribution in [2.75, 3.05) is 53.0 Å². The molecular weight excluding hydrogens is 384 g/mol. The second-order valence-electron chi connectivity index (χ2n) is 7.51. The van der Waals surface area contributed by atoms with Crippen LogP contribution in [0.2, 0.25) is 0 Å². The van der Waals surface area contributed by atoms with Gasteiger partial charge in [-0.3, -0.25) is 4.99 Å². The first-order valence-electron chi connectivity index (χ1n) is 10.8. The van der Waals surface area contributed by atoms with Crippen molar-refractivity contribution in [3.8, 4) is 0 Å². The minimum absolute atomic E-state index is 0.235. The molecule has 1 N–H and O–H groups in total. The maximum Gasteiger partial charge on any atom is 0.409 e. The lowest BCUT2D eigenvalue weighted by Crippen LogP contribution is -2.53. The molecule has 8 nitrogen and oxygen atoms in total. The molecule has 166 valence electrons. The zero-order chi connectivity index (χ0) is 21.2. The van der Waals surface area contributed by atoms with Gasteiger partial charge in [-0.15, -0.1) is 0 Å². The van der Waals surface area contributed by atoms with E-state index in [0.29, 0.717) is 39.0 Å². The number of hydrogen-bond donors (Lipinski definition) is 1. The van der Waals surface area contributed by atoms with Crippen LogP contribution in [0, 0.1) is 0 Å². The van der Waals surface area contributed by atoms with Crippen LogP contribution in [0.25, 0.3) is 0 Å². The number of carbonyl (C=O) groups excluding carboxylic acids is 1. The van der Waals surface area contributed by atoms with Crippen LogP contribution < -0.4 is 5.32 Å². The molecule has 1 aromatic rings. The van der Waals surface area contributed by atoms with Crippen molar-refractivity contribution in [2.45, 2.75) is 39.0 Å². The Balaban J connectivity index is 1.41. The first kappa shape index (κ1) is 22.4. The third-order valence-electron chi connectivity index (χ3n) is 5.44. The lowest BCUT2D eigenvalue weighted by atomic mass is 10.1. The number of benzene rings is 1. The quantitative estimate of drug-likeness (QED) is 0.564. The van der Waals surface area contributed by atoms with Crippen molar-refractivity contribution in [1.82, 2.24) is 15.1 Å². The number of nitrogens with one attached hydrogen (secondary N) is 1. The van der Waals surface area contributed by atoms with Gasteiger partial charge < -0.3 is 29.3 Å². The van der Waals surface area contributed by atoms with Gasteiger partial charge in [0.25, 0.3) is 0 Å². The Labute approximate surface area is 179 Å². The Morgan fingerprint density at radius 3 is 2.37 bits per heavy atom. The Morgan fingerprint density at radius 2 is 1.73 bits per heavy atom. The molecule has 2 aliphatic rings. The van der Waals surface area contributed by atoms with Crippen molar-refractivity contribution < 1.29 is 19.0 Å². The van der Waals surface area contributed by atoms with E-state index < -0.39 is 0 Å². The highest BCUT2D eigenvalue weighted by molar-refractivity contribution is 5.80. The van der Waals surface area contributed by atoms with Crippen LogP contribution in [0.4, 0.5) is 4.79 Å². The van der Waals surface area contributed by atoms with E-state index in [9.17, 15) is 4.79 Å².